The summed E-state index contributed by atoms with van der Waals surface area (Å²) in [5.41, 5.74) is 16.5. The first-order valence-corrected chi connectivity index (χ1v) is 27.2. The van der Waals surface area contributed by atoms with E-state index < -0.39 is 28.3 Å². The normalized spacial score (nSPS) is 23.9. The molecule has 226 valence electrons. The van der Waals surface area contributed by atoms with E-state index in [4.69, 9.17) is 0 Å². The van der Waals surface area contributed by atoms with Crippen LogP contribution in [-0.4, -0.2) is 8.07 Å². The Balaban J connectivity index is 1.83. The molecule has 3 aromatic carbocycles. The summed E-state index contributed by atoms with van der Waals surface area (Å²) in [7, 11) is -2.41. The monoisotopic (exact) mass is 664 g/mol. The second-order valence-electron chi connectivity index (χ2n) is 16.1. The number of allylic oxidation sites excluding steroid dienone is 2. The summed E-state index contributed by atoms with van der Waals surface area (Å²) in [4.78, 5) is 0. The van der Waals surface area contributed by atoms with Crippen molar-refractivity contribution in [1.82, 2.24) is 0 Å². The van der Waals surface area contributed by atoms with Gasteiger partial charge in [0.25, 0.3) is 0 Å². The van der Waals surface area contributed by atoms with E-state index in [-0.39, 0.29) is 0 Å². The van der Waals surface area contributed by atoms with Gasteiger partial charge < -0.3 is 0 Å². The molecule has 0 N–H and O–H groups in total. The van der Waals surface area contributed by atoms with E-state index >= 15 is 0 Å². The Bertz CT molecular complexity index is 1580. The molecule has 2 heteroatoms. The van der Waals surface area contributed by atoms with Crippen LogP contribution < -0.4 is 5.19 Å². The Labute approximate surface area is 268 Å². The Hall–Kier alpha value is -1.76. The third-order valence-electron chi connectivity index (χ3n) is 11.6. The van der Waals surface area contributed by atoms with Gasteiger partial charge in [-0.05, 0) is 0 Å². The molecule has 1 heterocycles. The maximum atomic E-state index is 2.82. The van der Waals surface area contributed by atoms with E-state index in [9.17, 15) is 0 Å². The Kier molecular flexibility index (Phi) is 7.74. The van der Waals surface area contributed by atoms with Gasteiger partial charge >= 0.3 is 270 Å². The average Bonchev–Trinajstić information content (AvgIpc) is 3.43. The van der Waals surface area contributed by atoms with Gasteiger partial charge in [0.1, 0.15) is 0 Å². The number of hydrogen-bond acceptors (Lipinski definition) is 0. The van der Waals surface area contributed by atoms with Crippen LogP contribution in [0.2, 0.25) is 15.8 Å². The second kappa shape index (κ2) is 10.7. The minimum atomic E-state index is -2.99. The molecule has 2 atom stereocenters. The molecular weight excluding hydrogens is 612 g/mol. The number of fused-ring (bicyclic) bond motifs is 8. The summed E-state index contributed by atoms with van der Waals surface area (Å²) in [6.45, 7) is 27.2. The summed E-state index contributed by atoms with van der Waals surface area (Å²) >= 11 is -2.99. The third-order valence-corrected chi connectivity index (χ3v) is 27.4. The van der Waals surface area contributed by atoms with E-state index in [0.29, 0.717) is 30.9 Å². The zero-order valence-electron chi connectivity index (χ0n) is 29.2. The molecule has 0 radical (unpaired) electrons. The molecule has 1 aliphatic heterocycles. The van der Waals surface area contributed by atoms with E-state index in [1.54, 1.807) is 60.1 Å². The van der Waals surface area contributed by atoms with E-state index in [1.165, 1.54) is 11.1 Å². The van der Waals surface area contributed by atoms with Crippen molar-refractivity contribution in [3.05, 3.63) is 110 Å². The molecule has 0 spiro atoms. The van der Waals surface area contributed by atoms with Crippen LogP contribution in [0.3, 0.4) is 0 Å². The van der Waals surface area contributed by atoms with E-state index in [0.717, 1.165) is 0 Å². The molecule has 0 nitrogen and oxygen atoms in total. The maximum absolute atomic E-state index is 2.99. The van der Waals surface area contributed by atoms with Gasteiger partial charge in [-0.3, -0.25) is 0 Å². The SMILES string of the molecule is CC1=C2c3c(C(C)C)cc(C(C)C)cc3[CH]1[Zr]([CH3])([CH3])[CH]1C(C)=C(c3c(C(C)C)cc(C(C)C)cc31)[Si]2(C)c1ccccc1. The number of hydrogen-bond donors (Lipinski definition) is 0. The topological polar surface area (TPSA) is 0 Å². The fraction of sp³-hybridized carbons (Fsp3) is 0.463. The molecule has 3 aromatic rings. The summed E-state index contributed by atoms with van der Waals surface area (Å²) in [6.07, 6.45) is 0. The van der Waals surface area contributed by atoms with Gasteiger partial charge in [-0.25, -0.2) is 0 Å². The first kappa shape index (κ1) is 31.2. The molecule has 0 amide bonds. The predicted octanol–water partition coefficient (Wildman–Crippen LogP) is 11.9. The molecule has 6 rings (SSSR count). The first-order chi connectivity index (χ1) is 20.1. The predicted molar refractivity (Wildman–Crippen MR) is 189 cm³/mol. The number of rotatable bonds is 5. The van der Waals surface area contributed by atoms with Crippen molar-refractivity contribution < 1.29 is 20.3 Å². The van der Waals surface area contributed by atoms with Crippen molar-refractivity contribution in [3.63, 3.8) is 0 Å². The van der Waals surface area contributed by atoms with Gasteiger partial charge in [-0.1, -0.05) is 0 Å². The van der Waals surface area contributed by atoms with Crippen molar-refractivity contribution in [2.24, 2.45) is 0 Å². The van der Waals surface area contributed by atoms with Crippen LogP contribution in [0.1, 0.15) is 145 Å². The molecule has 2 unspecified atom stereocenters. The van der Waals surface area contributed by atoms with Crippen LogP contribution in [0, 0.1) is 0 Å². The van der Waals surface area contributed by atoms with Gasteiger partial charge in [0.05, 0.1) is 0 Å². The van der Waals surface area contributed by atoms with Crippen LogP contribution in [0.25, 0.3) is 10.4 Å². The fourth-order valence-electron chi connectivity index (χ4n) is 9.74. The fourth-order valence-corrected chi connectivity index (χ4v) is 27.7. The van der Waals surface area contributed by atoms with Crippen molar-refractivity contribution >= 4 is 23.7 Å². The van der Waals surface area contributed by atoms with Gasteiger partial charge in [0.15, 0.2) is 0 Å². The quantitative estimate of drug-likeness (QED) is 0.238. The molecule has 0 saturated carbocycles. The Morgan fingerprint density at radius 3 is 1.33 bits per heavy atom. The molecule has 43 heavy (non-hydrogen) atoms. The van der Waals surface area contributed by atoms with Crippen molar-refractivity contribution in [2.45, 2.75) is 116 Å². The van der Waals surface area contributed by atoms with E-state index in [1.807, 2.05) is 0 Å². The Morgan fingerprint density at radius 1 is 0.581 bits per heavy atom. The zero-order chi connectivity index (χ0) is 31.3. The summed E-state index contributed by atoms with van der Waals surface area (Å²) < 4.78 is 6.86. The van der Waals surface area contributed by atoms with Crippen LogP contribution >= 0.6 is 0 Å². The summed E-state index contributed by atoms with van der Waals surface area (Å²) in [5, 5.41) is 5.12. The molecule has 0 aromatic heterocycles. The van der Waals surface area contributed by atoms with Crippen LogP contribution in [0.5, 0.6) is 0 Å². The Morgan fingerprint density at radius 2 is 0.977 bits per heavy atom. The standard InChI is InChI=1S/C39H48Si.2CH3.Zr/c1-23(2)29-19-31-17-27(9)38(36(31)34(21-29)25(5)6)40(11,33-15-13-12-14-16-33)39-28(10)18-32-20-30(24(3)4)22-35(26(7)8)37(32)39;;;/h12-26H,1-11H3;2*1H3;. The zero-order valence-corrected chi connectivity index (χ0v) is 32.6. The second-order valence-corrected chi connectivity index (χ2v) is 31.7. The average molecular weight is 666 g/mol. The van der Waals surface area contributed by atoms with Gasteiger partial charge in [-0.2, -0.15) is 0 Å². The van der Waals surface area contributed by atoms with Crippen molar-refractivity contribution in [3.8, 4) is 0 Å². The van der Waals surface area contributed by atoms with Gasteiger partial charge in [0.2, 0.25) is 0 Å². The molecule has 0 saturated heterocycles. The molecule has 2 aliphatic carbocycles. The molecule has 0 fully saturated rings. The molecular formula is C41H54SiZr. The van der Waals surface area contributed by atoms with Crippen molar-refractivity contribution in [2.75, 3.05) is 0 Å². The summed E-state index contributed by atoms with van der Waals surface area (Å²) in [6, 6.07) is 22.4. The van der Waals surface area contributed by atoms with Gasteiger partial charge in [-0.15, -0.1) is 0 Å². The van der Waals surface area contributed by atoms with E-state index in [2.05, 4.69) is 140 Å². The first-order valence-electron chi connectivity index (χ1n) is 17.0. The van der Waals surface area contributed by atoms with Crippen LogP contribution in [-0.2, 0) is 20.3 Å². The molecule has 3 aliphatic rings. The summed E-state index contributed by atoms with van der Waals surface area (Å²) in [5.74, 6) is 2.08. The minimum absolute atomic E-state index is 0.501. The van der Waals surface area contributed by atoms with Crippen LogP contribution in [0.15, 0.2) is 65.7 Å². The number of benzene rings is 3. The van der Waals surface area contributed by atoms with Crippen LogP contribution in [0.4, 0.5) is 0 Å². The third kappa shape index (κ3) is 4.35. The molecule has 4 bridgehead atoms. The van der Waals surface area contributed by atoms with Gasteiger partial charge in [0, 0.05) is 0 Å². The van der Waals surface area contributed by atoms with Crippen molar-refractivity contribution in [1.29, 1.82) is 0 Å².